The minimum Gasteiger partial charge on any atom is -0.0984 e. The van der Waals surface area contributed by atoms with Crippen LogP contribution < -0.4 is 0 Å². The highest BCUT2D eigenvalue weighted by Crippen LogP contribution is 2.30. The first kappa shape index (κ1) is 11.0. The summed E-state index contributed by atoms with van der Waals surface area (Å²) in [6, 6.07) is 3.11. The van der Waals surface area contributed by atoms with Crippen LogP contribution in [0.3, 0.4) is 0 Å². The summed E-state index contributed by atoms with van der Waals surface area (Å²) in [6.07, 6.45) is 11.0. The molecule has 0 unspecified atom stereocenters. The molecule has 0 nitrogen and oxygen atoms in total. The number of hydrogen-bond acceptors (Lipinski definition) is 0. The Morgan fingerprint density at radius 3 is 2.46 bits per heavy atom. The molecule has 76 valence electrons. The Kier molecular flexibility index (Phi) is 4.79. The van der Waals surface area contributed by atoms with Gasteiger partial charge in [-0.1, -0.05) is 63.0 Å². The fraction of sp³-hybridized carbons (Fsp3) is 0.833. The zero-order chi connectivity index (χ0) is 9.57. The van der Waals surface area contributed by atoms with E-state index < -0.39 is 8.07 Å². The third-order valence-electron chi connectivity index (χ3n) is 3.24. The quantitative estimate of drug-likeness (QED) is 0.447. The fourth-order valence-corrected chi connectivity index (χ4v) is 5.66. The SMILES string of the molecule is CCCCCC=C[Si]1(C)CCCC1. The van der Waals surface area contributed by atoms with Crippen LogP contribution in [0.15, 0.2) is 11.8 Å². The van der Waals surface area contributed by atoms with Crippen molar-refractivity contribution in [2.24, 2.45) is 0 Å². The standard InChI is InChI=1S/C12H24Si/c1-3-4-5-6-7-10-13(2)11-8-9-12-13/h7,10H,3-6,8-9,11-12H2,1-2H3. The number of hydrogen-bond donors (Lipinski definition) is 0. The molecule has 0 aromatic carbocycles. The van der Waals surface area contributed by atoms with Gasteiger partial charge in [-0.3, -0.25) is 0 Å². The highest BCUT2D eigenvalue weighted by atomic mass is 28.3. The Bertz CT molecular complexity index is 155. The summed E-state index contributed by atoms with van der Waals surface area (Å²) in [5.74, 6) is 0. The molecule has 0 amide bonds. The molecule has 1 heteroatoms. The van der Waals surface area contributed by atoms with Crippen molar-refractivity contribution in [3.63, 3.8) is 0 Å². The van der Waals surface area contributed by atoms with Gasteiger partial charge in [-0.2, -0.15) is 0 Å². The van der Waals surface area contributed by atoms with E-state index in [1.54, 1.807) is 12.1 Å². The van der Waals surface area contributed by atoms with Gasteiger partial charge in [0.25, 0.3) is 0 Å². The summed E-state index contributed by atoms with van der Waals surface area (Å²) < 4.78 is 0. The van der Waals surface area contributed by atoms with Crippen LogP contribution in [0, 0.1) is 0 Å². The molecular weight excluding hydrogens is 172 g/mol. The van der Waals surface area contributed by atoms with Crippen LogP contribution in [0.4, 0.5) is 0 Å². The second kappa shape index (κ2) is 5.64. The molecule has 1 fully saturated rings. The van der Waals surface area contributed by atoms with E-state index in [1.165, 1.54) is 38.5 Å². The van der Waals surface area contributed by atoms with Gasteiger partial charge < -0.3 is 0 Å². The Labute approximate surface area is 84.4 Å². The van der Waals surface area contributed by atoms with Gasteiger partial charge in [-0.25, -0.2) is 0 Å². The van der Waals surface area contributed by atoms with Crippen LogP contribution in [0.25, 0.3) is 0 Å². The lowest BCUT2D eigenvalue weighted by atomic mass is 10.2. The number of rotatable bonds is 5. The third kappa shape index (κ3) is 4.12. The fourth-order valence-electron chi connectivity index (χ4n) is 2.23. The normalized spacial score (nSPS) is 21.4. The molecule has 0 bridgehead atoms. The molecule has 0 spiro atoms. The smallest absolute Gasteiger partial charge is 0.0743 e. The Hall–Kier alpha value is -0.0431. The Balaban J connectivity index is 2.14. The predicted molar refractivity (Wildman–Crippen MR) is 63.7 cm³/mol. The van der Waals surface area contributed by atoms with Gasteiger partial charge in [0.15, 0.2) is 0 Å². The van der Waals surface area contributed by atoms with E-state index in [1.807, 2.05) is 0 Å². The Morgan fingerprint density at radius 2 is 1.85 bits per heavy atom. The lowest BCUT2D eigenvalue weighted by Gasteiger charge is -2.14. The molecule has 1 aliphatic rings. The molecular formula is C12H24Si. The van der Waals surface area contributed by atoms with Crippen LogP contribution in [0.5, 0.6) is 0 Å². The maximum atomic E-state index is 2.62. The first-order valence-corrected chi connectivity index (χ1v) is 8.94. The maximum absolute atomic E-state index is 2.62. The topological polar surface area (TPSA) is 0 Å². The van der Waals surface area contributed by atoms with Crippen LogP contribution in [-0.2, 0) is 0 Å². The van der Waals surface area contributed by atoms with E-state index in [0.29, 0.717) is 0 Å². The molecule has 0 saturated carbocycles. The molecule has 0 radical (unpaired) electrons. The van der Waals surface area contributed by atoms with Crippen LogP contribution in [0.1, 0.15) is 45.4 Å². The van der Waals surface area contributed by atoms with Crippen molar-refractivity contribution in [1.82, 2.24) is 0 Å². The minimum atomic E-state index is -0.827. The molecule has 1 saturated heterocycles. The highest BCUT2D eigenvalue weighted by Gasteiger charge is 2.27. The van der Waals surface area contributed by atoms with Crippen LogP contribution in [-0.4, -0.2) is 8.07 Å². The lowest BCUT2D eigenvalue weighted by Crippen LogP contribution is -2.21. The predicted octanol–water partition coefficient (Wildman–Crippen LogP) is 4.53. The van der Waals surface area contributed by atoms with Gasteiger partial charge in [-0.15, -0.1) is 0 Å². The zero-order valence-corrected chi connectivity index (χ0v) is 10.3. The molecule has 0 aliphatic carbocycles. The largest absolute Gasteiger partial charge is 0.0984 e. The van der Waals surface area contributed by atoms with Gasteiger partial charge in [0.05, 0.1) is 8.07 Å². The van der Waals surface area contributed by atoms with Gasteiger partial charge in [0.2, 0.25) is 0 Å². The minimum absolute atomic E-state index is 0.827. The number of unbranched alkanes of at least 4 members (excludes halogenated alkanes) is 3. The van der Waals surface area contributed by atoms with E-state index in [0.717, 1.165) is 0 Å². The van der Waals surface area contributed by atoms with Crippen molar-refractivity contribution in [3.05, 3.63) is 11.8 Å². The van der Waals surface area contributed by atoms with E-state index in [9.17, 15) is 0 Å². The molecule has 0 N–H and O–H groups in total. The maximum Gasteiger partial charge on any atom is 0.0743 e. The van der Waals surface area contributed by atoms with Crippen LogP contribution in [0.2, 0.25) is 18.6 Å². The summed E-state index contributed by atoms with van der Waals surface area (Å²) in [5, 5.41) is 0. The van der Waals surface area contributed by atoms with Crippen molar-refractivity contribution in [2.45, 2.75) is 64.1 Å². The molecule has 0 atom stereocenters. The van der Waals surface area contributed by atoms with E-state index in [4.69, 9.17) is 0 Å². The van der Waals surface area contributed by atoms with Crippen molar-refractivity contribution >= 4 is 8.07 Å². The molecule has 1 aliphatic heterocycles. The van der Waals surface area contributed by atoms with Gasteiger partial charge in [-0.05, 0) is 12.8 Å². The van der Waals surface area contributed by atoms with E-state index in [2.05, 4.69) is 25.2 Å². The van der Waals surface area contributed by atoms with E-state index in [-0.39, 0.29) is 0 Å². The third-order valence-corrected chi connectivity index (χ3v) is 7.27. The molecule has 1 heterocycles. The average Bonchev–Trinajstić information content (AvgIpc) is 2.53. The second-order valence-electron chi connectivity index (χ2n) is 4.76. The summed E-state index contributed by atoms with van der Waals surface area (Å²) >= 11 is 0. The van der Waals surface area contributed by atoms with Crippen molar-refractivity contribution in [2.75, 3.05) is 0 Å². The average molecular weight is 196 g/mol. The van der Waals surface area contributed by atoms with Crippen molar-refractivity contribution in [1.29, 1.82) is 0 Å². The number of allylic oxidation sites excluding steroid dienone is 1. The van der Waals surface area contributed by atoms with Crippen LogP contribution >= 0.6 is 0 Å². The zero-order valence-electron chi connectivity index (χ0n) is 9.31. The summed E-state index contributed by atoms with van der Waals surface area (Å²) in [6.45, 7) is 4.83. The van der Waals surface area contributed by atoms with Crippen molar-refractivity contribution in [3.8, 4) is 0 Å². The highest BCUT2D eigenvalue weighted by molar-refractivity contribution is 6.83. The molecule has 1 rings (SSSR count). The van der Waals surface area contributed by atoms with Gasteiger partial charge in [0.1, 0.15) is 0 Å². The Morgan fingerprint density at radius 1 is 1.15 bits per heavy atom. The first-order valence-electron chi connectivity index (χ1n) is 5.94. The van der Waals surface area contributed by atoms with Gasteiger partial charge >= 0.3 is 0 Å². The summed E-state index contributed by atoms with van der Waals surface area (Å²) in [5.41, 5.74) is 2.62. The van der Waals surface area contributed by atoms with Gasteiger partial charge in [0, 0.05) is 0 Å². The molecule has 0 aromatic rings. The second-order valence-corrected chi connectivity index (χ2v) is 9.40. The molecule has 0 aromatic heterocycles. The summed E-state index contributed by atoms with van der Waals surface area (Å²) in [7, 11) is -0.827. The monoisotopic (exact) mass is 196 g/mol. The van der Waals surface area contributed by atoms with Crippen molar-refractivity contribution < 1.29 is 0 Å². The lowest BCUT2D eigenvalue weighted by molar-refractivity contribution is 0.729. The summed E-state index contributed by atoms with van der Waals surface area (Å²) in [4.78, 5) is 0. The van der Waals surface area contributed by atoms with E-state index >= 15 is 0 Å². The first-order chi connectivity index (χ1) is 6.27. The molecule has 13 heavy (non-hydrogen) atoms.